The Hall–Kier alpha value is -0.750. The molecule has 0 fully saturated rings. The molecule has 1 heterocycles. The molecule has 0 aliphatic heterocycles. The van der Waals surface area contributed by atoms with Gasteiger partial charge in [-0.15, -0.1) is 0 Å². The van der Waals surface area contributed by atoms with Crippen LogP contribution < -0.4 is 5.73 Å². The highest BCUT2D eigenvalue weighted by atomic mass is 127. The molecule has 0 saturated carbocycles. The second kappa shape index (κ2) is 4.86. The van der Waals surface area contributed by atoms with Crippen LogP contribution in [0, 0.1) is 16.3 Å². The number of hydrogen-bond donors (Lipinski definition) is 1. The number of pyridine rings is 1. The number of benzene rings is 1. The largest absolute Gasteiger partial charge is 0.328 e. The van der Waals surface area contributed by atoms with Crippen LogP contribution in [0.2, 0.25) is 0 Å². The number of fused-ring (bicyclic) bond motifs is 1. The van der Waals surface area contributed by atoms with Crippen molar-refractivity contribution in [3.8, 4) is 0 Å². The van der Waals surface area contributed by atoms with Gasteiger partial charge in [0.05, 0.1) is 0 Å². The molecule has 90 valence electrons. The molecule has 2 rings (SSSR count). The first kappa shape index (κ1) is 12.7. The Morgan fingerprint density at radius 3 is 2.76 bits per heavy atom. The molecule has 0 radical (unpaired) electrons. The lowest BCUT2D eigenvalue weighted by molar-refractivity contribution is 0.635. The molecular weight excluding hydrogens is 330 g/mol. The number of rotatable bonds is 2. The molecule has 1 aromatic carbocycles. The summed E-state index contributed by atoms with van der Waals surface area (Å²) in [5.74, 6) is -0.262. The van der Waals surface area contributed by atoms with Crippen LogP contribution in [0.4, 0.5) is 4.39 Å². The maximum atomic E-state index is 13.8. The Morgan fingerprint density at radius 2 is 2.12 bits per heavy atom. The van der Waals surface area contributed by atoms with Gasteiger partial charge in [-0.05, 0) is 66.6 Å². The third kappa shape index (κ3) is 2.74. The molecule has 0 aliphatic carbocycles. The first-order valence-electron chi connectivity index (χ1n) is 5.48. The van der Waals surface area contributed by atoms with Gasteiger partial charge in [-0.2, -0.15) is 0 Å². The van der Waals surface area contributed by atoms with Crippen molar-refractivity contribution < 1.29 is 4.39 Å². The fraction of sp³-hybridized carbons (Fsp3) is 0.308. The van der Waals surface area contributed by atoms with Gasteiger partial charge in [-0.3, -0.25) is 4.98 Å². The van der Waals surface area contributed by atoms with Crippen molar-refractivity contribution in [1.82, 2.24) is 4.98 Å². The molecule has 1 aromatic heterocycles. The minimum atomic E-state index is -0.262. The maximum absolute atomic E-state index is 13.8. The fourth-order valence-electron chi connectivity index (χ4n) is 1.98. The second-order valence-corrected chi connectivity index (χ2v) is 5.63. The summed E-state index contributed by atoms with van der Waals surface area (Å²) in [7, 11) is 0. The van der Waals surface area contributed by atoms with Gasteiger partial charge in [0.15, 0.2) is 0 Å². The van der Waals surface area contributed by atoms with Gasteiger partial charge >= 0.3 is 0 Å². The molecule has 2 nitrogen and oxygen atoms in total. The van der Waals surface area contributed by atoms with Crippen molar-refractivity contribution in [2.75, 3.05) is 0 Å². The molecule has 4 heteroatoms. The Balaban J connectivity index is 2.73. The Kier molecular flexibility index (Phi) is 3.63. The number of hydrogen-bond acceptors (Lipinski definition) is 2. The highest BCUT2D eigenvalue weighted by Crippen LogP contribution is 2.24. The van der Waals surface area contributed by atoms with E-state index < -0.39 is 0 Å². The van der Waals surface area contributed by atoms with Gasteiger partial charge in [0, 0.05) is 20.7 Å². The highest BCUT2D eigenvalue weighted by Gasteiger charge is 2.10. The first-order valence-corrected chi connectivity index (χ1v) is 6.56. The lowest BCUT2D eigenvalue weighted by Crippen LogP contribution is -2.18. The molecule has 0 aliphatic rings. The zero-order valence-corrected chi connectivity index (χ0v) is 12.0. The Morgan fingerprint density at radius 1 is 1.41 bits per heavy atom. The van der Waals surface area contributed by atoms with Crippen molar-refractivity contribution in [1.29, 1.82) is 0 Å². The zero-order valence-electron chi connectivity index (χ0n) is 9.80. The van der Waals surface area contributed by atoms with Crippen molar-refractivity contribution in [3.05, 3.63) is 38.8 Å². The summed E-state index contributed by atoms with van der Waals surface area (Å²) >= 11 is 2.11. The smallest absolute Gasteiger partial charge is 0.150 e. The van der Waals surface area contributed by atoms with Crippen LogP contribution in [0.5, 0.6) is 0 Å². The topological polar surface area (TPSA) is 38.9 Å². The number of nitrogens with two attached hydrogens (primary N) is 1. The number of aryl methyl sites for hydroxylation is 1. The van der Waals surface area contributed by atoms with Crippen LogP contribution in [-0.4, -0.2) is 11.0 Å². The average molecular weight is 344 g/mol. The van der Waals surface area contributed by atoms with E-state index in [1.165, 1.54) is 6.07 Å². The summed E-state index contributed by atoms with van der Waals surface area (Å²) < 4.78 is 14.7. The first-order chi connectivity index (χ1) is 7.97. The van der Waals surface area contributed by atoms with Crippen LogP contribution in [0.15, 0.2) is 18.2 Å². The number of halogens is 2. The maximum Gasteiger partial charge on any atom is 0.150 e. The van der Waals surface area contributed by atoms with Crippen molar-refractivity contribution in [2.45, 2.75) is 26.3 Å². The third-order valence-corrected chi connectivity index (χ3v) is 3.21. The highest BCUT2D eigenvalue weighted by molar-refractivity contribution is 14.1. The van der Waals surface area contributed by atoms with Gasteiger partial charge < -0.3 is 5.73 Å². The molecule has 0 saturated heterocycles. The fourth-order valence-corrected chi connectivity index (χ4v) is 2.56. The predicted molar refractivity (Wildman–Crippen MR) is 76.5 cm³/mol. The monoisotopic (exact) mass is 344 g/mol. The summed E-state index contributed by atoms with van der Waals surface area (Å²) in [6.07, 6.45) is 0.736. The van der Waals surface area contributed by atoms with E-state index in [0.717, 1.165) is 26.6 Å². The van der Waals surface area contributed by atoms with Gasteiger partial charge in [0.1, 0.15) is 11.3 Å². The van der Waals surface area contributed by atoms with Crippen LogP contribution in [0.25, 0.3) is 10.9 Å². The third-order valence-electron chi connectivity index (χ3n) is 2.59. The molecule has 17 heavy (non-hydrogen) atoms. The van der Waals surface area contributed by atoms with Crippen LogP contribution >= 0.6 is 22.6 Å². The van der Waals surface area contributed by atoms with E-state index in [1.807, 2.05) is 26.0 Å². The summed E-state index contributed by atoms with van der Waals surface area (Å²) in [6, 6.07) is 5.51. The molecule has 1 atom stereocenters. The van der Waals surface area contributed by atoms with E-state index in [9.17, 15) is 4.39 Å². The summed E-state index contributed by atoms with van der Waals surface area (Å²) in [6.45, 7) is 3.83. The van der Waals surface area contributed by atoms with Crippen LogP contribution in [0.3, 0.4) is 0 Å². The van der Waals surface area contributed by atoms with E-state index in [-0.39, 0.29) is 11.9 Å². The molecule has 2 aromatic rings. The number of aromatic nitrogens is 1. The van der Waals surface area contributed by atoms with Gasteiger partial charge in [0.2, 0.25) is 0 Å². The van der Waals surface area contributed by atoms with Gasteiger partial charge in [-0.1, -0.05) is 0 Å². The molecular formula is C13H14FIN2. The lowest BCUT2D eigenvalue weighted by atomic mass is 10.0. The molecule has 1 unspecified atom stereocenters. The Bertz CT molecular complexity index is 567. The molecule has 2 N–H and O–H groups in total. The lowest BCUT2D eigenvalue weighted by Gasteiger charge is -2.11. The van der Waals surface area contributed by atoms with Crippen molar-refractivity contribution >= 4 is 33.5 Å². The summed E-state index contributed by atoms with van der Waals surface area (Å²) in [5, 5.41) is 0.873. The van der Waals surface area contributed by atoms with E-state index in [0.29, 0.717) is 5.52 Å². The summed E-state index contributed by atoms with van der Waals surface area (Å²) in [4.78, 5) is 4.27. The minimum Gasteiger partial charge on any atom is -0.328 e. The predicted octanol–water partition coefficient (Wildman–Crippen LogP) is 3.18. The second-order valence-electron chi connectivity index (χ2n) is 4.39. The summed E-state index contributed by atoms with van der Waals surface area (Å²) in [5.41, 5.74) is 8.17. The SMILES string of the molecule is Cc1cc(CC(C)N)c2cc(I)cc(F)c2n1. The average Bonchev–Trinajstić information content (AvgIpc) is 2.19. The van der Waals surface area contributed by atoms with Gasteiger partial charge in [-0.25, -0.2) is 4.39 Å². The van der Waals surface area contributed by atoms with Crippen molar-refractivity contribution in [3.63, 3.8) is 0 Å². The molecule has 0 amide bonds. The van der Waals surface area contributed by atoms with E-state index in [4.69, 9.17) is 5.73 Å². The zero-order chi connectivity index (χ0) is 12.6. The van der Waals surface area contributed by atoms with Crippen LogP contribution in [0.1, 0.15) is 18.2 Å². The van der Waals surface area contributed by atoms with Gasteiger partial charge in [0.25, 0.3) is 0 Å². The Labute approximate surface area is 114 Å². The van der Waals surface area contributed by atoms with Crippen LogP contribution in [-0.2, 0) is 6.42 Å². The van der Waals surface area contributed by atoms with Crippen molar-refractivity contribution in [2.24, 2.45) is 5.73 Å². The number of nitrogens with zero attached hydrogens (tertiary/aromatic N) is 1. The molecule has 0 bridgehead atoms. The normalized spacial score (nSPS) is 13.0. The van der Waals surface area contributed by atoms with E-state index in [2.05, 4.69) is 27.6 Å². The minimum absolute atomic E-state index is 0.0564. The standard InChI is InChI=1S/C13H14FIN2/c1-7(16)3-9-4-8(2)17-13-11(9)5-10(15)6-12(13)14/h4-7H,3,16H2,1-2H3. The molecule has 0 spiro atoms. The van der Waals surface area contributed by atoms with E-state index >= 15 is 0 Å². The van der Waals surface area contributed by atoms with E-state index in [1.54, 1.807) is 0 Å². The quantitative estimate of drug-likeness (QED) is 0.850.